The van der Waals surface area contributed by atoms with Crippen molar-refractivity contribution in [3.05, 3.63) is 28.8 Å². The number of ether oxygens (including phenoxy) is 2. The van der Waals surface area contributed by atoms with Crippen molar-refractivity contribution in [2.24, 2.45) is 0 Å². The maximum Gasteiger partial charge on any atom is 0.338 e. The number of rotatable bonds is 2. The molecule has 0 saturated carbocycles. The second-order valence-corrected chi connectivity index (χ2v) is 4.54. The Hall–Kier alpha value is -1.62. The molecule has 98 valence electrons. The highest BCUT2D eigenvalue weighted by molar-refractivity contribution is 7.80. The van der Waals surface area contributed by atoms with Gasteiger partial charge >= 0.3 is 5.97 Å². The number of benzene rings is 1. The highest BCUT2D eigenvalue weighted by Crippen LogP contribution is 2.24. The summed E-state index contributed by atoms with van der Waals surface area (Å²) in [6, 6.07) is 3.53. The molecular formula is C13H17NO3S. The Morgan fingerprint density at radius 2 is 1.83 bits per heavy atom. The lowest BCUT2D eigenvalue weighted by atomic mass is 10.0. The number of esters is 1. The second-order valence-electron chi connectivity index (χ2n) is 4.19. The fraction of sp³-hybridized carbons (Fsp3) is 0.385. The zero-order chi connectivity index (χ0) is 13.9. The van der Waals surface area contributed by atoms with Crippen molar-refractivity contribution in [1.29, 1.82) is 0 Å². The summed E-state index contributed by atoms with van der Waals surface area (Å²) in [5, 5.41) is 0.378. The Morgan fingerprint density at radius 3 is 2.33 bits per heavy atom. The van der Waals surface area contributed by atoms with E-state index >= 15 is 0 Å². The van der Waals surface area contributed by atoms with Gasteiger partial charge < -0.3 is 14.4 Å². The SMILES string of the molecule is COC(=O)c1cc(C)c(OC(=S)N(C)C)cc1C. The maximum atomic E-state index is 11.5. The normalized spacial score (nSPS) is 9.83. The Labute approximate surface area is 112 Å². The summed E-state index contributed by atoms with van der Waals surface area (Å²) in [5.74, 6) is 0.302. The number of methoxy groups -OCH3 is 1. The summed E-state index contributed by atoms with van der Waals surface area (Å²) < 4.78 is 10.3. The smallest absolute Gasteiger partial charge is 0.338 e. The van der Waals surface area contributed by atoms with E-state index in [1.165, 1.54) is 7.11 Å². The van der Waals surface area contributed by atoms with E-state index in [0.29, 0.717) is 16.5 Å². The molecule has 0 fully saturated rings. The largest absolute Gasteiger partial charge is 0.465 e. The summed E-state index contributed by atoms with van der Waals surface area (Å²) in [4.78, 5) is 13.2. The zero-order valence-electron chi connectivity index (χ0n) is 11.2. The van der Waals surface area contributed by atoms with E-state index in [1.807, 2.05) is 27.9 Å². The van der Waals surface area contributed by atoms with E-state index in [1.54, 1.807) is 17.0 Å². The summed E-state index contributed by atoms with van der Waals surface area (Å²) in [5.41, 5.74) is 2.17. The standard InChI is InChI=1S/C13H17NO3S/c1-8-7-11(17-13(18)14(3)4)9(2)6-10(8)12(15)16-5/h6-7H,1-5H3. The van der Waals surface area contributed by atoms with E-state index in [2.05, 4.69) is 0 Å². The Bertz CT molecular complexity index is 483. The first-order valence-corrected chi connectivity index (χ1v) is 5.86. The minimum atomic E-state index is -0.350. The number of hydrogen-bond acceptors (Lipinski definition) is 4. The van der Waals surface area contributed by atoms with E-state index in [4.69, 9.17) is 21.7 Å². The van der Waals surface area contributed by atoms with Crippen LogP contribution in [-0.2, 0) is 4.74 Å². The molecule has 1 aromatic carbocycles. The molecule has 1 aromatic rings. The van der Waals surface area contributed by atoms with Gasteiger partial charge in [0, 0.05) is 14.1 Å². The molecular weight excluding hydrogens is 250 g/mol. The van der Waals surface area contributed by atoms with Crippen LogP contribution >= 0.6 is 12.2 Å². The molecule has 0 saturated heterocycles. The molecule has 0 amide bonds. The van der Waals surface area contributed by atoms with Crippen molar-refractivity contribution in [2.75, 3.05) is 21.2 Å². The van der Waals surface area contributed by atoms with Gasteiger partial charge in [-0.1, -0.05) is 0 Å². The third-order valence-electron chi connectivity index (χ3n) is 2.49. The van der Waals surface area contributed by atoms with Crippen molar-refractivity contribution in [2.45, 2.75) is 13.8 Å². The fourth-order valence-corrected chi connectivity index (χ4v) is 1.50. The Balaban J connectivity index is 3.07. The van der Waals surface area contributed by atoms with E-state index < -0.39 is 0 Å². The number of carbonyl (C=O) groups is 1. The van der Waals surface area contributed by atoms with Gasteiger partial charge in [0.1, 0.15) is 5.75 Å². The molecule has 1 rings (SSSR count). The average molecular weight is 267 g/mol. The molecule has 0 atom stereocenters. The lowest BCUT2D eigenvalue weighted by Gasteiger charge is -2.16. The topological polar surface area (TPSA) is 38.8 Å². The molecule has 0 aliphatic heterocycles. The molecule has 0 spiro atoms. The van der Waals surface area contributed by atoms with E-state index in [0.717, 1.165) is 11.1 Å². The molecule has 18 heavy (non-hydrogen) atoms. The lowest BCUT2D eigenvalue weighted by Crippen LogP contribution is -2.25. The first-order chi connectivity index (χ1) is 8.36. The van der Waals surface area contributed by atoms with Gasteiger partial charge in [-0.05, 0) is 49.3 Å². The molecule has 0 aliphatic carbocycles. The quantitative estimate of drug-likeness (QED) is 0.607. The van der Waals surface area contributed by atoms with Crippen LogP contribution in [0.1, 0.15) is 21.5 Å². The summed E-state index contributed by atoms with van der Waals surface area (Å²) in [6.07, 6.45) is 0. The third-order valence-corrected chi connectivity index (χ3v) is 2.94. The summed E-state index contributed by atoms with van der Waals surface area (Å²) in [6.45, 7) is 3.69. The van der Waals surface area contributed by atoms with Gasteiger partial charge in [-0.2, -0.15) is 0 Å². The zero-order valence-corrected chi connectivity index (χ0v) is 12.1. The molecule has 0 aromatic heterocycles. The highest BCUT2D eigenvalue weighted by Gasteiger charge is 2.14. The van der Waals surface area contributed by atoms with E-state index in [9.17, 15) is 4.79 Å². The predicted molar refractivity (Wildman–Crippen MR) is 74.2 cm³/mol. The van der Waals surface area contributed by atoms with Crippen LogP contribution in [0.15, 0.2) is 12.1 Å². The molecule has 0 heterocycles. The Morgan fingerprint density at radius 1 is 1.22 bits per heavy atom. The van der Waals surface area contributed by atoms with Crippen LogP contribution in [-0.4, -0.2) is 37.2 Å². The van der Waals surface area contributed by atoms with Gasteiger partial charge in [0.05, 0.1) is 12.7 Å². The first kappa shape index (κ1) is 14.4. The second kappa shape index (κ2) is 5.82. The number of carbonyl (C=O) groups excluding carboxylic acids is 1. The van der Waals surface area contributed by atoms with Gasteiger partial charge in [0.15, 0.2) is 0 Å². The van der Waals surface area contributed by atoms with Crippen molar-refractivity contribution in [3.63, 3.8) is 0 Å². The molecule has 0 bridgehead atoms. The molecule has 0 N–H and O–H groups in total. The van der Waals surface area contributed by atoms with Crippen LogP contribution in [0.2, 0.25) is 0 Å². The van der Waals surface area contributed by atoms with Crippen molar-refractivity contribution in [3.8, 4) is 5.75 Å². The molecule has 0 radical (unpaired) electrons. The van der Waals surface area contributed by atoms with Crippen LogP contribution < -0.4 is 4.74 Å². The molecule has 4 nitrogen and oxygen atoms in total. The average Bonchev–Trinajstić information content (AvgIpc) is 2.32. The van der Waals surface area contributed by atoms with Gasteiger partial charge in [-0.25, -0.2) is 4.79 Å². The third kappa shape index (κ3) is 3.20. The molecule has 0 aliphatic rings. The van der Waals surface area contributed by atoms with Crippen LogP contribution in [0.4, 0.5) is 0 Å². The monoisotopic (exact) mass is 267 g/mol. The van der Waals surface area contributed by atoms with Crippen molar-refractivity contribution < 1.29 is 14.3 Å². The van der Waals surface area contributed by atoms with E-state index in [-0.39, 0.29) is 5.97 Å². The van der Waals surface area contributed by atoms with Crippen LogP contribution in [0.3, 0.4) is 0 Å². The molecule has 5 heteroatoms. The van der Waals surface area contributed by atoms with Crippen LogP contribution in [0.25, 0.3) is 0 Å². The van der Waals surface area contributed by atoms with Gasteiger partial charge in [-0.3, -0.25) is 0 Å². The minimum absolute atomic E-state index is 0.350. The van der Waals surface area contributed by atoms with Crippen LogP contribution in [0.5, 0.6) is 5.75 Å². The van der Waals surface area contributed by atoms with Gasteiger partial charge in [-0.15, -0.1) is 0 Å². The number of nitrogens with zero attached hydrogens (tertiary/aromatic N) is 1. The van der Waals surface area contributed by atoms with Crippen LogP contribution in [0, 0.1) is 13.8 Å². The van der Waals surface area contributed by atoms with Crippen molar-refractivity contribution in [1.82, 2.24) is 4.90 Å². The Kier molecular flexibility index (Phi) is 4.67. The summed E-state index contributed by atoms with van der Waals surface area (Å²) in [7, 11) is 4.99. The minimum Gasteiger partial charge on any atom is -0.465 e. The maximum absolute atomic E-state index is 11.5. The van der Waals surface area contributed by atoms with Gasteiger partial charge in [0.2, 0.25) is 0 Å². The summed E-state index contributed by atoms with van der Waals surface area (Å²) >= 11 is 5.08. The molecule has 0 unspecified atom stereocenters. The van der Waals surface area contributed by atoms with Crippen molar-refractivity contribution >= 4 is 23.4 Å². The van der Waals surface area contributed by atoms with Gasteiger partial charge in [0.25, 0.3) is 5.17 Å². The highest BCUT2D eigenvalue weighted by atomic mass is 32.1. The number of thiocarbonyl (C=S) groups is 1. The predicted octanol–water partition coefficient (Wildman–Crippen LogP) is 2.32. The number of hydrogen-bond donors (Lipinski definition) is 0. The lowest BCUT2D eigenvalue weighted by molar-refractivity contribution is 0.0600. The number of aryl methyl sites for hydroxylation is 2. The first-order valence-electron chi connectivity index (χ1n) is 5.45. The fourth-order valence-electron chi connectivity index (χ4n) is 1.41.